The van der Waals surface area contributed by atoms with E-state index >= 15 is 0 Å². The van der Waals surface area contributed by atoms with Gasteiger partial charge in [-0.1, -0.05) is 38.1 Å². The largest absolute Gasteiger partial charge is 0.454 e. The van der Waals surface area contributed by atoms with E-state index in [4.69, 9.17) is 9.47 Å². The number of nitrogens with one attached hydrogen (secondary N) is 1. The molecule has 1 aliphatic heterocycles. The zero-order valence-corrected chi connectivity index (χ0v) is 22.3. The van der Waals surface area contributed by atoms with Crippen LogP contribution in [0, 0.1) is 12.8 Å². The van der Waals surface area contributed by atoms with Crippen LogP contribution in [0.2, 0.25) is 0 Å². The van der Waals surface area contributed by atoms with Crippen molar-refractivity contribution >= 4 is 27.5 Å². The van der Waals surface area contributed by atoms with Crippen LogP contribution in [0.15, 0.2) is 42.5 Å². The SMILES string of the molecule is CCS(=O)(=O)N(CC(=O)N(Cc1ccccc1C)C(C)C(=O)NCC(C)C)c1ccc2c(c1)OCO2. The topological polar surface area (TPSA) is 105 Å². The highest BCUT2D eigenvalue weighted by Gasteiger charge is 2.32. The number of hydrogen-bond acceptors (Lipinski definition) is 6. The number of carbonyl (C=O) groups excluding carboxylic acids is 2. The molecular formula is C26H35N3O6S. The van der Waals surface area contributed by atoms with Crippen LogP contribution < -0.4 is 19.1 Å². The number of ether oxygens (including phenoxy) is 2. The first-order valence-corrected chi connectivity index (χ1v) is 13.7. The molecule has 1 atom stereocenters. The van der Waals surface area contributed by atoms with Gasteiger partial charge in [-0.15, -0.1) is 0 Å². The van der Waals surface area contributed by atoms with E-state index < -0.39 is 28.5 Å². The molecule has 1 unspecified atom stereocenters. The molecule has 36 heavy (non-hydrogen) atoms. The average Bonchev–Trinajstić information content (AvgIpc) is 3.32. The first-order chi connectivity index (χ1) is 17.0. The lowest BCUT2D eigenvalue weighted by atomic mass is 10.1. The van der Waals surface area contributed by atoms with Gasteiger partial charge in [0, 0.05) is 19.2 Å². The third kappa shape index (κ3) is 6.48. The number of sulfonamides is 1. The summed E-state index contributed by atoms with van der Waals surface area (Å²) in [5.41, 5.74) is 2.14. The molecule has 0 saturated heterocycles. The van der Waals surface area contributed by atoms with Crippen molar-refractivity contribution in [3.63, 3.8) is 0 Å². The van der Waals surface area contributed by atoms with Crippen LogP contribution in [-0.2, 0) is 26.2 Å². The summed E-state index contributed by atoms with van der Waals surface area (Å²) in [5, 5.41) is 2.88. The molecule has 0 spiro atoms. The molecule has 9 nitrogen and oxygen atoms in total. The van der Waals surface area contributed by atoms with Gasteiger partial charge < -0.3 is 19.7 Å². The number of carbonyl (C=O) groups is 2. The van der Waals surface area contributed by atoms with Gasteiger partial charge in [0.1, 0.15) is 12.6 Å². The third-order valence-electron chi connectivity index (χ3n) is 6.08. The normalized spacial score (nSPS) is 13.4. The van der Waals surface area contributed by atoms with Gasteiger partial charge in [0.05, 0.1) is 11.4 Å². The summed E-state index contributed by atoms with van der Waals surface area (Å²) in [6.07, 6.45) is 0. The van der Waals surface area contributed by atoms with Gasteiger partial charge in [-0.3, -0.25) is 13.9 Å². The van der Waals surface area contributed by atoms with Gasteiger partial charge in [0.25, 0.3) is 0 Å². The number of rotatable bonds is 11. The summed E-state index contributed by atoms with van der Waals surface area (Å²) in [6.45, 7) is 9.32. The molecule has 1 heterocycles. The summed E-state index contributed by atoms with van der Waals surface area (Å²) >= 11 is 0. The van der Waals surface area contributed by atoms with E-state index in [2.05, 4.69) is 5.32 Å². The van der Waals surface area contributed by atoms with E-state index in [0.29, 0.717) is 23.7 Å². The average molecular weight is 518 g/mol. The van der Waals surface area contributed by atoms with E-state index in [0.717, 1.165) is 15.4 Å². The van der Waals surface area contributed by atoms with E-state index in [1.54, 1.807) is 25.1 Å². The lowest BCUT2D eigenvalue weighted by Gasteiger charge is -2.32. The molecular weight excluding hydrogens is 482 g/mol. The second-order valence-corrected chi connectivity index (χ2v) is 11.4. The molecule has 0 aliphatic carbocycles. The molecule has 3 rings (SSSR count). The smallest absolute Gasteiger partial charge is 0.244 e. The van der Waals surface area contributed by atoms with Gasteiger partial charge >= 0.3 is 0 Å². The standard InChI is InChI=1S/C26H35N3O6S/c1-6-36(32,33)29(22-11-12-23-24(13-22)35-17-34-23)16-25(30)28(15-21-10-8-7-9-19(21)4)20(5)26(31)27-14-18(2)3/h7-13,18,20H,6,14-17H2,1-5H3,(H,27,31). The summed E-state index contributed by atoms with van der Waals surface area (Å²) in [6, 6.07) is 11.5. The fourth-order valence-corrected chi connectivity index (χ4v) is 4.82. The van der Waals surface area contributed by atoms with E-state index in [1.165, 1.54) is 11.8 Å². The van der Waals surface area contributed by atoms with Crippen molar-refractivity contribution in [1.82, 2.24) is 10.2 Å². The molecule has 1 aliphatic rings. The molecule has 0 aromatic heterocycles. The van der Waals surface area contributed by atoms with Crippen molar-refractivity contribution in [2.75, 3.05) is 29.9 Å². The molecule has 0 saturated carbocycles. The van der Waals surface area contributed by atoms with Crippen LogP contribution in [0.3, 0.4) is 0 Å². The highest BCUT2D eigenvalue weighted by Crippen LogP contribution is 2.36. The van der Waals surface area contributed by atoms with Crippen molar-refractivity contribution in [3.05, 3.63) is 53.6 Å². The Bertz CT molecular complexity index is 1200. The molecule has 2 aromatic rings. The molecule has 0 bridgehead atoms. The summed E-state index contributed by atoms with van der Waals surface area (Å²) in [4.78, 5) is 28.1. The lowest BCUT2D eigenvalue weighted by molar-refractivity contribution is -0.139. The number of benzene rings is 2. The van der Waals surface area contributed by atoms with Crippen molar-refractivity contribution in [1.29, 1.82) is 0 Å². The Balaban J connectivity index is 1.93. The van der Waals surface area contributed by atoms with Crippen molar-refractivity contribution < 1.29 is 27.5 Å². The maximum absolute atomic E-state index is 13.7. The zero-order valence-electron chi connectivity index (χ0n) is 21.5. The van der Waals surface area contributed by atoms with Crippen molar-refractivity contribution in [2.45, 2.75) is 47.2 Å². The molecule has 10 heteroatoms. The number of anilines is 1. The monoisotopic (exact) mass is 517 g/mol. The van der Waals surface area contributed by atoms with Crippen LogP contribution in [-0.4, -0.2) is 56.8 Å². The molecule has 0 radical (unpaired) electrons. The highest BCUT2D eigenvalue weighted by molar-refractivity contribution is 7.92. The molecule has 2 aromatic carbocycles. The van der Waals surface area contributed by atoms with Gasteiger partial charge in [-0.2, -0.15) is 0 Å². The Labute approximate surface area is 213 Å². The molecule has 1 N–H and O–H groups in total. The Hall–Kier alpha value is -3.27. The predicted octanol–water partition coefficient (Wildman–Crippen LogP) is 3.07. The quantitative estimate of drug-likeness (QED) is 0.491. The fourth-order valence-electron chi connectivity index (χ4n) is 3.77. The highest BCUT2D eigenvalue weighted by atomic mass is 32.2. The van der Waals surface area contributed by atoms with Crippen LogP contribution in [0.25, 0.3) is 0 Å². The fraction of sp³-hybridized carbons (Fsp3) is 0.462. The minimum atomic E-state index is -3.82. The van der Waals surface area contributed by atoms with Crippen LogP contribution in [0.1, 0.15) is 38.8 Å². The number of aryl methyl sites for hydroxylation is 1. The second-order valence-electron chi connectivity index (χ2n) is 9.21. The summed E-state index contributed by atoms with van der Waals surface area (Å²) in [5.74, 6) is 0.193. The minimum Gasteiger partial charge on any atom is -0.454 e. The Kier molecular flexibility index (Phi) is 8.84. The van der Waals surface area contributed by atoms with Crippen LogP contribution in [0.4, 0.5) is 5.69 Å². The first-order valence-electron chi connectivity index (χ1n) is 12.0. The van der Waals surface area contributed by atoms with Crippen LogP contribution >= 0.6 is 0 Å². The zero-order chi connectivity index (χ0) is 26.5. The van der Waals surface area contributed by atoms with Crippen molar-refractivity contribution in [3.8, 4) is 11.5 Å². The predicted molar refractivity (Wildman–Crippen MR) is 138 cm³/mol. The van der Waals surface area contributed by atoms with Crippen LogP contribution in [0.5, 0.6) is 11.5 Å². The second kappa shape index (κ2) is 11.6. The van der Waals surface area contributed by atoms with E-state index in [1.807, 2.05) is 45.0 Å². The van der Waals surface area contributed by atoms with Gasteiger partial charge in [-0.05, 0) is 49.9 Å². The Morgan fingerprint density at radius 3 is 2.42 bits per heavy atom. The number of amides is 2. The van der Waals surface area contributed by atoms with Gasteiger partial charge in [-0.25, -0.2) is 8.42 Å². The number of nitrogens with zero attached hydrogens (tertiary/aromatic N) is 2. The Morgan fingerprint density at radius 2 is 1.75 bits per heavy atom. The molecule has 196 valence electrons. The summed E-state index contributed by atoms with van der Waals surface area (Å²) in [7, 11) is -3.82. The number of hydrogen-bond donors (Lipinski definition) is 1. The third-order valence-corrected chi connectivity index (χ3v) is 7.82. The van der Waals surface area contributed by atoms with Crippen molar-refractivity contribution in [2.24, 2.45) is 5.92 Å². The molecule has 2 amide bonds. The minimum absolute atomic E-state index is 0.0471. The van der Waals surface area contributed by atoms with E-state index in [9.17, 15) is 18.0 Å². The molecule has 0 fully saturated rings. The summed E-state index contributed by atoms with van der Waals surface area (Å²) < 4.78 is 37.9. The number of fused-ring (bicyclic) bond motifs is 1. The maximum atomic E-state index is 13.7. The van der Waals surface area contributed by atoms with Gasteiger partial charge in [0.2, 0.25) is 28.6 Å². The Morgan fingerprint density at radius 1 is 1.06 bits per heavy atom. The lowest BCUT2D eigenvalue weighted by Crippen LogP contribution is -2.51. The van der Waals surface area contributed by atoms with Gasteiger partial charge in [0.15, 0.2) is 11.5 Å². The van der Waals surface area contributed by atoms with E-state index in [-0.39, 0.29) is 30.9 Å². The maximum Gasteiger partial charge on any atom is 0.244 e. The first kappa shape index (κ1) is 27.3.